The van der Waals surface area contributed by atoms with Gasteiger partial charge in [-0.2, -0.15) is 0 Å². The van der Waals surface area contributed by atoms with Crippen molar-refractivity contribution in [1.82, 2.24) is 9.88 Å². The summed E-state index contributed by atoms with van der Waals surface area (Å²) in [5, 5.41) is 10.8. The molecular formula is C19H20N2O3. The van der Waals surface area contributed by atoms with Crippen molar-refractivity contribution in [2.75, 3.05) is 13.1 Å². The molecule has 1 amide bonds. The van der Waals surface area contributed by atoms with Gasteiger partial charge in [-0.1, -0.05) is 24.3 Å². The van der Waals surface area contributed by atoms with Gasteiger partial charge in [0.15, 0.2) is 6.10 Å². The topological polar surface area (TPSA) is 62.7 Å². The summed E-state index contributed by atoms with van der Waals surface area (Å²) in [5.41, 5.74) is 0.817. The molecule has 0 spiro atoms. The SMILES string of the molecule is O=C([C@H]1Cc2ccccc2O1)N1CCC(O)(c2ccccn2)CC1. The highest BCUT2D eigenvalue weighted by Gasteiger charge is 2.39. The average Bonchev–Trinajstić information content (AvgIpc) is 3.07. The number of carbonyl (C=O) groups excluding carboxylic acids is 1. The molecule has 1 N–H and O–H groups in total. The number of piperidine rings is 1. The largest absolute Gasteiger partial charge is 0.480 e. The molecule has 0 aliphatic carbocycles. The third-order valence-corrected chi connectivity index (χ3v) is 4.97. The van der Waals surface area contributed by atoms with Gasteiger partial charge in [0.05, 0.1) is 5.69 Å². The molecule has 0 unspecified atom stereocenters. The fourth-order valence-electron chi connectivity index (χ4n) is 3.51. The van der Waals surface area contributed by atoms with Crippen LogP contribution in [0.25, 0.3) is 0 Å². The molecule has 2 aliphatic rings. The lowest BCUT2D eigenvalue weighted by Gasteiger charge is -2.38. The maximum atomic E-state index is 12.7. The lowest BCUT2D eigenvalue weighted by molar-refractivity contribution is -0.142. The summed E-state index contributed by atoms with van der Waals surface area (Å²) in [5.74, 6) is 0.812. The van der Waals surface area contributed by atoms with Crippen LogP contribution in [0.2, 0.25) is 0 Å². The number of para-hydroxylation sites is 1. The summed E-state index contributed by atoms with van der Waals surface area (Å²) in [6.45, 7) is 1.03. The van der Waals surface area contributed by atoms with E-state index in [4.69, 9.17) is 4.74 Å². The second kappa shape index (κ2) is 5.91. The van der Waals surface area contributed by atoms with E-state index < -0.39 is 11.7 Å². The predicted molar refractivity (Wildman–Crippen MR) is 88.5 cm³/mol. The molecule has 1 aromatic heterocycles. The predicted octanol–water partition coefficient (Wildman–Crippen LogP) is 1.90. The van der Waals surface area contributed by atoms with E-state index in [9.17, 15) is 9.90 Å². The molecule has 4 rings (SSSR count). The Morgan fingerprint density at radius 3 is 2.62 bits per heavy atom. The molecule has 0 bridgehead atoms. The van der Waals surface area contributed by atoms with Gasteiger partial charge in [-0.15, -0.1) is 0 Å². The number of amides is 1. The van der Waals surface area contributed by atoms with Crippen molar-refractivity contribution in [2.24, 2.45) is 0 Å². The Bertz CT molecular complexity index is 714. The second-order valence-electron chi connectivity index (χ2n) is 6.49. The van der Waals surface area contributed by atoms with Crippen LogP contribution in [0, 0.1) is 0 Å². The van der Waals surface area contributed by atoms with Crippen molar-refractivity contribution in [2.45, 2.75) is 31.0 Å². The zero-order valence-corrected chi connectivity index (χ0v) is 13.4. The van der Waals surface area contributed by atoms with Crippen molar-refractivity contribution < 1.29 is 14.6 Å². The van der Waals surface area contributed by atoms with Crippen LogP contribution in [0.4, 0.5) is 0 Å². The molecule has 1 atom stereocenters. The molecule has 24 heavy (non-hydrogen) atoms. The Hall–Kier alpha value is -2.40. The molecule has 1 aromatic carbocycles. The standard InChI is InChI=1S/C19H20N2O3/c22-18(16-13-14-5-1-2-6-15(14)24-16)21-11-8-19(23,9-12-21)17-7-3-4-10-20-17/h1-7,10,16,23H,8-9,11-13H2/t16-/m1/s1. The molecule has 1 fully saturated rings. The van der Waals surface area contributed by atoms with E-state index in [1.807, 2.05) is 42.5 Å². The molecule has 5 nitrogen and oxygen atoms in total. The van der Waals surface area contributed by atoms with Gasteiger partial charge >= 0.3 is 0 Å². The van der Waals surface area contributed by atoms with Crippen molar-refractivity contribution in [1.29, 1.82) is 0 Å². The van der Waals surface area contributed by atoms with Gasteiger partial charge in [0.25, 0.3) is 5.91 Å². The molecule has 1 saturated heterocycles. The molecule has 0 saturated carbocycles. The minimum absolute atomic E-state index is 0.00858. The quantitative estimate of drug-likeness (QED) is 0.916. The van der Waals surface area contributed by atoms with Gasteiger partial charge in [-0.05, 0) is 36.6 Å². The van der Waals surface area contributed by atoms with Crippen molar-refractivity contribution in [3.8, 4) is 5.75 Å². The number of hydrogen-bond donors (Lipinski definition) is 1. The summed E-state index contributed by atoms with van der Waals surface area (Å²) < 4.78 is 5.79. The fourth-order valence-corrected chi connectivity index (χ4v) is 3.51. The van der Waals surface area contributed by atoms with E-state index in [2.05, 4.69) is 4.98 Å². The maximum absolute atomic E-state index is 12.7. The van der Waals surface area contributed by atoms with Crippen molar-refractivity contribution in [3.63, 3.8) is 0 Å². The Morgan fingerprint density at radius 1 is 1.17 bits per heavy atom. The zero-order chi connectivity index (χ0) is 16.6. The summed E-state index contributed by atoms with van der Waals surface area (Å²) in [6, 6.07) is 13.3. The Morgan fingerprint density at radius 2 is 1.92 bits per heavy atom. The fraction of sp³-hybridized carbons (Fsp3) is 0.368. The highest BCUT2D eigenvalue weighted by atomic mass is 16.5. The molecule has 2 aliphatic heterocycles. The lowest BCUT2D eigenvalue weighted by atomic mass is 9.87. The summed E-state index contributed by atoms with van der Waals surface area (Å²) in [6.07, 6.45) is 2.86. The average molecular weight is 324 g/mol. The summed E-state index contributed by atoms with van der Waals surface area (Å²) >= 11 is 0. The number of benzene rings is 1. The molecular weight excluding hydrogens is 304 g/mol. The minimum Gasteiger partial charge on any atom is -0.480 e. The monoisotopic (exact) mass is 324 g/mol. The number of rotatable bonds is 2. The zero-order valence-electron chi connectivity index (χ0n) is 13.4. The number of ether oxygens (including phenoxy) is 1. The molecule has 3 heterocycles. The van der Waals surface area contributed by atoms with Gasteiger partial charge in [0.2, 0.25) is 0 Å². The van der Waals surface area contributed by atoms with Gasteiger partial charge in [0.1, 0.15) is 11.4 Å². The molecule has 0 radical (unpaired) electrons. The summed E-state index contributed by atoms with van der Waals surface area (Å²) in [4.78, 5) is 18.8. The van der Waals surface area contributed by atoms with Crippen LogP contribution >= 0.6 is 0 Å². The second-order valence-corrected chi connectivity index (χ2v) is 6.49. The normalized spacial score (nSPS) is 21.9. The van der Waals surface area contributed by atoms with Crippen LogP contribution in [-0.2, 0) is 16.8 Å². The van der Waals surface area contributed by atoms with Gasteiger partial charge in [0, 0.05) is 25.7 Å². The number of nitrogens with zero attached hydrogens (tertiary/aromatic N) is 2. The third-order valence-electron chi connectivity index (χ3n) is 4.97. The first-order valence-electron chi connectivity index (χ1n) is 8.33. The smallest absolute Gasteiger partial charge is 0.263 e. The summed E-state index contributed by atoms with van der Waals surface area (Å²) in [7, 11) is 0. The van der Waals surface area contributed by atoms with Crippen LogP contribution in [0.5, 0.6) is 5.75 Å². The van der Waals surface area contributed by atoms with Crippen molar-refractivity contribution >= 4 is 5.91 Å². The highest BCUT2D eigenvalue weighted by molar-refractivity contribution is 5.82. The molecule has 2 aromatic rings. The van der Waals surface area contributed by atoms with Gasteiger partial charge in [-0.3, -0.25) is 9.78 Å². The molecule has 124 valence electrons. The highest BCUT2D eigenvalue weighted by Crippen LogP contribution is 2.33. The Kier molecular flexibility index (Phi) is 3.73. The number of carbonyl (C=O) groups is 1. The van der Waals surface area contributed by atoms with E-state index in [1.165, 1.54) is 0 Å². The van der Waals surface area contributed by atoms with Crippen molar-refractivity contribution in [3.05, 3.63) is 59.9 Å². The van der Waals surface area contributed by atoms with Gasteiger partial charge in [-0.25, -0.2) is 0 Å². The minimum atomic E-state index is -0.947. The van der Waals surface area contributed by atoms with Crippen LogP contribution in [0.1, 0.15) is 24.1 Å². The number of pyridine rings is 1. The first-order chi connectivity index (χ1) is 11.7. The molecule has 5 heteroatoms. The van der Waals surface area contributed by atoms with E-state index in [0.29, 0.717) is 38.0 Å². The lowest BCUT2D eigenvalue weighted by Crippen LogP contribution is -2.49. The first kappa shape index (κ1) is 15.1. The number of hydrogen-bond acceptors (Lipinski definition) is 4. The van der Waals surface area contributed by atoms with E-state index in [0.717, 1.165) is 11.3 Å². The van der Waals surface area contributed by atoms with E-state index in [-0.39, 0.29) is 5.91 Å². The number of fused-ring (bicyclic) bond motifs is 1. The number of likely N-dealkylation sites (tertiary alicyclic amines) is 1. The number of aliphatic hydroxyl groups is 1. The third kappa shape index (κ3) is 2.65. The Balaban J connectivity index is 1.41. The Labute approximate surface area is 140 Å². The number of aromatic nitrogens is 1. The van der Waals surface area contributed by atoms with Gasteiger partial charge < -0.3 is 14.7 Å². The van der Waals surface area contributed by atoms with E-state index in [1.54, 1.807) is 11.1 Å². The maximum Gasteiger partial charge on any atom is 0.263 e. The first-order valence-corrected chi connectivity index (χ1v) is 8.33. The van der Waals surface area contributed by atoms with Crippen LogP contribution in [0.3, 0.4) is 0 Å². The van der Waals surface area contributed by atoms with Crippen LogP contribution < -0.4 is 4.74 Å². The van der Waals surface area contributed by atoms with Crippen LogP contribution in [-0.4, -0.2) is 40.1 Å². The van der Waals surface area contributed by atoms with E-state index >= 15 is 0 Å². The van der Waals surface area contributed by atoms with Crippen LogP contribution in [0.15, 0.2) is 48.7 Å².